The first-order valence-electron chi connectivity index (χ1n) is 8.23. The molecule has 1 saturated heterocycles. The Bertz CT molecular complexity index is 789. The lowest BCUT2D eigenvalue weighted by Crippen LogP contribution is -2.41. The molecule has 0 saturated carbocycles. The molecule has 2 atom stereocenters. The average molecular weight is 341 g/mol. The van der Waals surface area contributed by atoms with E-state index in [4.69, 9.17) is 19.9 Å². The van der Waals surface area contributed by atoms with Crippen LogP contribution in [0.1, 0.15) is 29.0 Å². The topological polar surface area (TPSA) is 70.8 Å². The van der Waals surface area contributed by atoms with Crippen molar-refractivity contribution in [1.29, 1.82) is 0 Å². The predicted octanol–water partition coefficient (Wildman–Crippen LogP) is 2.90. The van der Waals surface area contributed by atoms with Crippen molar-refractivity contribution in [2.45, 2.75) is 24.9 Å². The predicted molar refractivity (Wildman–Crippen MR) is 94.9 cm³/mol. The summed E-state index contributed by atoms with van der Waals surface area (Å²) in [5.41, 5.74) is 7.30. The maximum absolute atomic E-state index is 12.4. The fraction of sp³-hybridized carbons (Fsp3) is 0.350. The zero-order chi connectivity index (χ0) is 18.0. The third kappa shape index (κ3) is 2.96. The lowest BCUT2D eigenvalue weighted by atomic mass is 9.83. The van der Waals surface area contributed by atoms with Crippen LogP contribution in [0.3, 0.4) is 0 Å². The molecule has 5 heteroatoms. The van der Waals surface area contributed by atoms with Gasteiger partial charge in [0.05, 0.1) is 20.8 Å². The van der Waals surface area contributed by atoms with Gasteiger partial charge in [0.15, 0.2) is 5.60 Å². The van der Waals surface area contributed by atoms with Crippen molar-refractivity contribution in [2.24, 2.45) is 5.73 Å². The van der Waals surface area contributed by atoms with Gasteiger partial charge in [0.2, 0.25) is 0 Å². The lowest BCUT2D eigenvalue weighted by molar-refractivity contribution is -0.139. The molecule has 1 fully saturated rings. The van der Waals surface area contributed by atoms with Gasteiger partial charge in [-0.25, -0.2) is 0 Å². The molecule has 0 spiro atoms. The first-order valence-corrected chi connectivity index (χ1v) is 8.23. The van der Waals surface area contributed by atoms with Gasteiger partial charge >= 0.3 is 0 Å². The highest BCUT2D eigenvalue weighted by molar-refractivity contribution is 5.86. The highest BCUT2D eigenvalue weighted by atomic mass is 16.5. The van der Waals surface area contributed by atoms with Crippen LogP contribution in [0.15, 0.2) is 42.5 Å². The van der Waals surface area contributed by atoms with Gasteiger partial charge in [0, 0.05) is 11.5 Å². The summed E-state index contributed by atoms with van der Waals surface area (Å²) in [7, 11) is 3.22. The summed E-state index contributed by atoms with van der Waals surface area (Å²) in [6, 6.07) is 13.5. The van der Waals surface area contributed by atoms with Crippen molar-refractivity contribution in [3.05, 3.63) is 59.2 Å². The van der Waals surface area contributed by atoms with Crippen LogP contribution in [-0.2, 0) is 15.1 Å². The first-order chi connectivity index (χ1) is 12.0. The zero-order valence-corrected chi connectivity index (χ0v) is 14.7. The highest BCUT2D eigenvalue weighted by Crippen LogP contribution is 2.47. The molecule has 132 valence electrons. The number of carbonyl (C=O) groups is 1. The Morgan fingerprint density at radius 3 is 2.56 bits per heavy atom. The van der Waals surface area contributed by atoms with Crippen molar-refractivity contribution < 1.29 is 19.0 Å². The number of hydrogen-bond donors (Lipinski definition) is 1. The quantitative estimate of drug-likeness (QED) is 0.908. The molecular weight excluding hydrogens is 318 g/mol. The summed E-state index contributed by atoms with van der Waals surface area (Å²) in [6.45, 7) is 2.35. The van der Waals surface area contributed by atoms with E-state index in [-0.39, 0.29) is 5.92 Å². The summed E-state index contributed by atoms with van der Waals surface area (Å²) < 4.78 is 17.0. The number of para-hydroxylation sites is 1. The molecule has 2 N–H and O–H groups in total. The van der Waals surface area contributed by atoms with Gasteiger partial charge in [-0.2, -0.15) is 0 Å². The maximum Gasteiger partial charge on any atom is 0.254 e. The van der Waals surface area contributed by atoms with Gasteiger partial charge < -0.3 is 19.9 Å². The van der Waals surface area contributed by atoms with Crippen LogP contribution in [0.4, 0.5) is 0 Å². The number of amides is 1. The molecule has 2 aromatic rings. The van der Waals surface area contributed by atoms with E-state index in [0.717, 1.165) is 16.9 Å². The summed E-state index contributed by atoms with van der Waals surface area (Å²) in [5.74, 6) is 0.889. The Morgan fingerprint density at radius 2 is 1.88 bits per heavy atom. The van der Waals surface area contributed by atoms with E-state index in [0.29, 0.717) is 24.3 Å². The average Bonchev–Trinajstić information content (AvgIpc) is 3.08. The minimum atomic E-state index is -1.21. The molecule has 2 aromatic carbocycles. The number of nitrogens with two attached hydrogens (primary N) is 1. The largest absolute Gasteiger partial charge is 0.496 e. The van der Waals surface area contributed by atoms with Crippen LogP contribution in [0.5, 0.6) is 11.5 Å². The van der Waals surface area contributed by atoms with E-state index in [1.807, 2.05) is 49.4 Å². The van der Waals surface area contributed by atoms with Gasteiger partial charge in [-0.15, -0.1) is 0 Å². The van der Waals surface area contributed by atoms with Crippen LogP contribution < -0.4 is 15.2 Å². The van der Waals surface area contributed by atoms with Crippen molar-refractivity contribution in [3.63, 3.8) is 0 Å². The minimum Gasteiger partial charge on any atom is -0.496 e. The second-order valence-corrected chi connectivity index (χ2v) is 6.35. The van der Waals surface area contributed by atoms with Gasteiger partial charge in [-0.1, -0.05) is 29.8 Å². The Morgan fingerprint density at radius 1 is 1.16 bits per heavy atom. The standard InChI is InChI=1S/C20H23NO4/c1-13-8-9-18(24-3)16(10-13)20(19(21)22)11-14(12-25-20)15-6-4-5-7-17(15)23-2/h4-10,14H,11-12H2,1-3H3,(H2,21,22). The summed E-state index contributed by atoms with van der Waals surface area (Å²) in [5, 5.41) is 0. The number of rotatable bonds is 5. The fourth-order valence-electron chi connectivity index (χ4n) is 3.54. The van der Waals surface area contributed by atoms with Gasteiger partial charge in [-0.3, -0.25) is 4.79 Å². The van der Waals surface area contributed by atoms with Crippen LogP contribution in [0, 0.1) is 6.92 Å². The van der Waals surface area contributed by atoms with Crippen molar-refractivity contribution >= 4 is 5.91 Å². The molecule has 0 aliphatic carbocycles. The van der Waals surface area contributed by atoms with Crippen LogP contribution in [0.2, 0.25) is 0 Å². The van der Waals surface area contributed by atoms with E-state index >= 15 is 0 Å². The first kappa shape index (κ1) is 17.3. The van der Waals surface area contributed by atoms with Crippen molar-refractivity contribution in [1.82, 2.24) is 0 Å². The number of methoxy groups -OCH3 is 2. The van der Waals surface area contributed by atoms with Gasteiger partial charge in [0.1, 0.15) is 11.5 Å². The van der Waals surface area contributed by atoms with Gasteiger partial charge in [0.25, 0.3) is 5.91 Å². The molecule has 5 nitrogen and oxygen atoms in total. The molecule has 1 heterocycles. The summed E-state index contributed by atoms with van der Waals surface area (Å²) >= 11 is 0. The lowest BCUT2D eigenvalue weighted by Gasteiger charge is -2.27. The van der Waals surface area contributed by atoms with E-state index in [1.165, 1.54) is 0 Å². The molecule has 1 aliphatic rings. The highest BCUT2D eigenvalue weighted by Gasteiger charge is 2.49. The molecule has 2 unspecified atom stereocenters. The second kappa shape index (κ2) is 6.76. The Balaban J connectivity index is 2.05. The minimum absolute atomic E-state index is 0.00821. The Hall–Kier alpha value is -2.53. The zero-order valence-electron chi connectivity index (χ0n) is 14.7. The van der Waals surface area contributed by atoms with E-state index < -0.39 is 11.5 Å². The molecular formula is C20H23NO4. The van der Waals surface area contributed by atoms with Crippen LogP contribution in [0.25, 0.3) is 0 Å². The number of aryl methyl sites for hydroxylation is 1. The molecule has 3 rings (SSSR count). The Kier molecular flexibility index (Phi) is 4.68. The maximum atomic E-state index is 12.4. The van der Waals surface area contributed by atoms with E-state index in [1.54, 1.807) is 14.2 Å². The Labute approximate surface area is 147 Å². The molecule has 0 bridgehead atoms. The smallest absolute Gasteiger partial charge is 0.254 e. The number of hydrogen-bond acceptors (Lipinski definition) is 4. The molecule has 0 aromatic heterocycles. The third-order valence-electron chi connectivity index (χ3n) is 4.83. The van der Waals surface area contributed by atoms with E-state index in [9.17, 15) is 4.79 Å². The van der Waals surface area contributed by atoms with Gasteiger partial charge in [-0.05, 0) is 37.1 Å². The van der Waals surface area contributed by atoms with Crippen molar-refractivity contribution in [3.8, 4) is 11.5 Å². The molecule has 25 heavy (non-hydrogen) atoms. The van der Waals surface area contributed by atoms with E-state index in [2.05, 4.69) is 0 Å². The number of benzene rings is 2. The summed E-state index contributed by atoms with van der Waals surface area (Å²) in [6.07, 6.45) is 0.447. The molecule has 1 amide bonds. The number of primary amides is 1. The normalized spacial score (nSPS) is 22.6. The SMILES string of the molecule is COc1ccccc1C1COC(C(N)=O)(c2cc(C)ccc2OC)C1. The molecule has 0 radical (unpaired) electrons. The van der Waals surface area contributed by atoms with Crippen LogP contribution in [-0.4, -0.2) is 26.7 Å². The monoisotopic (exact) mass is 341 g/mol. The summed E-state index contributed by atoms with van der Waals surface area (Å²) in [4.78, 5) is 12.4. The van der Waals surface area contributed by atoms with Crippen molar-refractivity contribution in [2.75, 3.05) is 20.8 Å². The number of ether oxygens (including phenoxy) is 3. The number of carbonyl (C=O) groups excluding carboxylic acids is 1. The third-order valence-corrected chi connectivity index (χ3v) is 4.83. The molecule has 1 aliphatic heterocycles. The second-order valence-electron chi connectivity index (χ2n) is 6.35. The fourth-order valence-corrected chi connectivity index (χ4v) is 3.54. The van der Waals surface area contributed by atoms with Crippen LogP contribution >= 0.6 is 0 Å².